The lowest BCUT2D eigenvalue weighted by molar-refractivity contribution is 0.127. The molecule has 1 aliphatic rings. The molecule has 1 unspecified atom stereocenters. The second-order valence-electron chi connectivity index (χ2n) is 5.97. The van der Waals surface area contributed by atoms with Crippen LogP contribution in [0.1, 0.15) is 18.4 Å². The van der Waals surface area contributed by atoms with Gasteiger partial charge in [-0.15, -0.1) is 0 Å². The molecule has 1 saturated heterocycles. The zero-order valence-electron chi connectivity index (χ0n) is 13.6. The molecular formula is C17H26FN3O2. The molecule has 23 heavy (non-hydrogen) atoms. The van der Waals surface area contributed by atoms with Crippen molar-refractivity contribution < 1.29 is 14.2 Å². The van der Waals surface area contributed by atoms with Gasteiger partial charge in [-0.3, -0.25) is 4.99 Å². The molecule has 0 amide bonds. The molecule has 1 aromatic rings. The van der Waals surface area contributed by atoms with Gasteiger partial charge in [0, 0.05) is 38.8 Å². The van der Waals surface area contributed by atoms with Crippen LogP contribution in [0.25, 0.3) is 0 Å². The minimum absolute atomic E-state index is 0.0299. The first-order valence-corrected chi connectivity index (χ1v) is 8.06. The molecule has 1 aromatic carbocycles. The van der Waals surface area contributed by atoms with Crippen molar-refractivity contribution in [2.24, 2.45) is 10.4 Å². The van der Waals surface area contributed by atoms with Crippen LogP contribution in [0.3, 0.4) is 0 Å². The van der Waals surface area contributed by atoms with Crippen molar-refractivity contribution in [2.75, 3.05) is 40.0 Å². The Labute approximate surface area is 137 Å². The lowest BCUT2D eigenvalue weighted by atomic mass is 9.84. The number of guanidine groups is 1. The molecule has 1 aliphatic heterocycles. The number of ether oxygens (including phenoxy) is 1. The third kappa shape index (κ3) is 5.18. The highest BCUT2D eigenvalue weighted by Crippen LogP contribution is 2.31. The van der Waals surface area contributed by atoms with Gasteiger partial charge in [0.15, 0.2) is 5.96 Å². The third-order valence-corrected chi connectivity index (χ3v) is 4.33. The van der Waals surface area contributed by atoms with E-state index in [1.54, 1.807) is 19.2 Å². The molecule has 6 heteroatoms. The molecule has 2 rings (SSSR count). The molecule has 0 aromatic heterocycles. The molecule has 0 radical (unpaired) electrons. The Kier molecular flexibility index (Phi) is 6.80. The number of aliphatic hydroxyl groups is 1. The fraction of sp³-hybridized carbons (Fsp3) is 0.588. The summed E-state index contributed by atoms with van der Waals surface area (Å²) >= 11 is 0. The Hall–Kier alpha value is -1.66. The number of aliphatic hydroxyl groups excluding tert-OH is 1. The van der Waals surface area contributed by atoms with Gasteiger partial charge in [0.05, 0.1) is 6.61 Å². The monoisotopic (exact) mass is 323 g/mol. The minimum atomic E-state index is -0.178. The van der Waals surface area contributed by atoms with Gasteiger partial charge in [0.25, 0.3) is 0 Å². The largest absolute Gasteiger partial charge is 0.396 e. The van der Waals surface area contributed by atoms with Gasteiger partial charge in [-0.2, -0.15) is 0 Å². The lowest BCUT2D eigenvalue weighted by Gasteiger charge is -2.27. The lowest BCUT2D eigenvalue weighted by Crippen LogP contribution is -2.45. The van der Waals surface area contributed by atoms with E-state index in [4.69, 9.17) is 4.74 Å². The highest BCUT2D eigenvalue weighted by Gasteiger charge is 2.34. The smallest absolute Gasteiger partial charge is 0.191 e. The Morgan fingerprint density at radius 1 is 1.39 bits per heavy atom. The molecule has 1 heterocycles. The minimum Gasteiger partial charge on any atom is -0.396 e. The molecule has 3 N–H and O–H groups in total. The fourth-order valence-electron chi connectivity index (χ4n) is 2.82. The summed E-state index contributed by atoms with van der Waals surface area (Å²) in [4.78, 5) is 4.19. The van der Waals surface area contributed by atoms with Crippen molar-refractivity contribution in [3.05, 3.63) is 35.6 Å². The van der Waals surface area contributed by atoms with Crippen LogP contribution < -0.4 is 10.6 Å². The van der Waals surface area contributed by atoms with E-state index in [0.717, 1.165) is 13.0 Å². The summed E-state index contributed by atoms with van der Waals surface area (Å²) in [5, 5.41) is 15.7. The zero-order chi connectivity index (χ0) is 16.5. The van der Waals surface area contributed by atoms with Crippen LogP contribution in [0.5, 0.6) is 0 Å². The van der Waals surface area contributed by atoms with Crippen LogP contribution in [0.15, 0.2) is 29.3 Å². The second-order valence-corrected chi connectivity index (χ2v) is 5.97. The van der Waals surface area contributed by atoms with Crippen molar-refractivity contribution in [2.45, 2.75) is 19.3 Å². The van der Waals surface area contributed by atoms with E-state index in [1.807, 2.05) is 6.07 Å². The van der Waals surface area contributed by atoms with Crippen LogP contribution in [-0.4, -0.2) is 51.0 Å². The summed E-state index contributed by atoms with van der Waals surface area (Å²) in [5.41, 5.74) is 0.661. The number of hydrogen-bond donors (Lipinski definition) is 3. The van der Waals surface area contributed by atoms with E-state index >= 15 is 0 Å². The van der Waals surface area contributed by atoms with Crippen molar-refractivity contribution in [1.29, 1.82) is 0 Å². The molecular weight excluding hydrogens is 297 g/mol. The van der Waals surface area contributed by atoms with Gasteiger partial charge >= 0.3 is 0 Å². The van der Waals surface area contributed by atoms with Gasteiger partial charge in [-0.1, -0.05) is 18.2 Å². The number of benzene rings is 1. The predicted octanol–water partition coefficient (Wildman–Crippen LogP) is 1.32. The van der Waals surface area contributed by atoms with E-state index in [1.165, 1.54) is 6.07 Å². The van der Waals surface area contributed by atoms with Gasteiger partial charge < -0.3 is 20.5 Å². The topological polar surface area (TPSA) is 65.9 Å². The molecule has 0 spiro atoms. The number of aliphatic imine (C=N–C) groups is 1. The molecule has 0 bridgehead atoms. The van der Waals surface area contributed by atoms with Crippen molar-refractivity contribution in [1.82, 2.24) is 10.6 Å². The highest BCUT2D eigenvalue weighted by molar-refractivity contribution is 5.79. The van der Waals surface area contributed by atoms with Crippen LogP contribution in [0, 0.1) is 11.2 Å². The summed E-state index contributed by atoms with van der Waals surface area (Å²) in [6, 6.07) is 6.79. The Morgan fingerprint density at radius 3 is 2.87 bits per heavy atom. The average molecular weight is 323 g/mol. The molecule has 0 aliphatic carbocycles. The molecule has 1 atom stereocenters. The van der Waals surface area contributed by atoms with E-state index < -0.39 is 0 Å². The van der Waals surface area contributed by atoms with Crippen LogP contribution >= 0.6 is 0 Å². The number of nitrogens with zero attached hydrogens (tertiary/aromatic N) is 1. The zero-order valence-corrected chi connectivity index (χ0v) is 13.6. The van der Waals surface area contributed by atoms with Crippen molar-refractivity contribution in [3.8, 4) is 0 Å². The Balaban J connectivity index is 1.78. The summed E-state index contributed by atoms with van der Waals surface area (Å²) in [6.45, 7) is 2.86. The predicted molar refractivity (Wildman–Crippen MR) is 89.0 cm³/mol. The van der Waals surface area contributed by atoms with Crippen LogP contribution in [0.2, 0.25) is 0 Å². The van der Waals surface area contributed by atoms with Gasteiger partial charge in [-0.05, 0) is 30.9 Å². The van der Waals surface area contributed by atoms with E-state index in [2.05, 4.69) is 15.6 Å². The van der Waals surface area contributed by atoms with E-state index in [9.17, 15) is 9.50 Å². The maximum absolute atomic E-state index is 13.6. The van der Waals surface area contributed by atoms with Gasteiger partial charge in [0.2, 0.25) is 0 Å². The Bertz CT molecular complexity index is 516. The highest BCUT2D eigenvalue weighted by atomic mass is 19.1. The number of nitrogens with one attached hydrogen (secondary N) is 2. The maximum atomic E-state index is 13.6. The standard InChI is InChI=1S/C17H26FN3O2/c1-19-16(20-9-6-14-4-2-3-5-15(14)18)21-12-17(7-10-22)8-11-23-13-17/h2-5,22H,6-13H2,1H3,(H2,19,20,21). The third-order valence-electron chi connectivity index (χ3n) is 4.33. The first kappa shape index (κ1) is 17.7. The van der Waals surface area contributed by atoms with E-state index in [0.29, 0.717) is 44.1 Å². The molecule has 0 saturated carbocycles. The summed E-state index contributed by atoms with van der Waals surface area (Å²) in [7, 11) is 1.71. The number of hydrogen-bond acceptors (Lipinski definition) is 3. The van der Waals surface area contributed by atoms with Crippen LogP contribution in [-0.2, 0) is 11.2 Å². The normalized spacial score (nSPS) is 21.4. The average Bonchev–Trinajstić information content (AvgIpc) is 3.01. The quantitative estimate of drug-likeness (QED) is 0.523. The van der Waals surface area contributed by atoms with E-state index in [-0.39, 0.29) is 17.8 Å². The Morgan fingerprint density at radius 2 is 2.22 bits per heavy atom. The number of halogens is 1. The maximum Gasteiger partial charge on any atom is 0.191 e. The summed E-state index contributed by atoms with van der Waals surface area (Å²) in [5.74, 6) is 0.507. The summed E-state index contributed by atoms with van der Waals surface area (Å²) in [6.07, 6.45) is 2.25. The first-order valence-electron chi connectivity index (χ1n) is 8.06. The molecule has 128 valence electrons. The van der Waals surface area contributed by atoms with Crippen molar-refractivity contribution >= 4 is 5.96 Å². The van der Waals surface area contributed by atoms with Gasteiger partial charge in [0.1, 0.15) is 5.82 Å². The van der Waals surface area contributed by atoms with Crippen LogP contribution in [0.4, 0.5) is 4.39 Å². The molecule has 5 nitrogen and oxygen atoms in total. The van der Waals surface area contributed by atoms with Crippen molar-refractivity contribution in [3.63, 3.8) is 0 Å². The fourth-order valence-corrected chi connectivity index (χ4v) is 2.82. The first-order chi connectivity index (χ1) is 11.2. The second kappa shape index (κ2) is 8.84. The SMILES string of the molecule is CN=C(NCCc1ccccc1F)NCC1(CCO)CCOC1. The summed E-state index contributed by atoms with van der Waals surface area (Å²) < 4.78 is 19.1. The van der Waals surface area contributed by atoms with Gasteiger partial charge in [-0.25, -0.2) is 4.39 Å². The molecule has 1 fully saturated rings. The number of rotatable bonds is 7.